The van der Waals surface area contributed by atoms with Crippen LogP contribution in [0.3, 0.4) is 0 Å². The number of halogens is 1. The molecule has 1 aromatic heterocycles. The molecule has 0 saturated carbocycles. The molecule has 1 unspecified atom stereocenters. The van der Waals surface area contributed by atoms with Crippen LogP contribution < -0.4 is 5.32 Å². The maximum atomic E-state index is 13.9. The molecule has 1 aromatic carbocycles. The van der Waals surface area contributed by atoms with Crippen molar-refractivity contribution in [3.8, 4) is 0 Å². The van der Waals surface area contributed by atoms with E-state index in [-0.39, 0.29) is 11.9 Å². The van der Waals surface area contributed by atoms with Crippen LogP contribution in [-0.2, 0) is 7.05 Å². The van der Waals surface area contributed by atoms with Crippen LogP contribution in [0, 0.1) is 26.6 Å². The summed E-state index contributed by atoms with van der Waals surface area (Å²) in [7, 11) is 1.94. The molecule has 1 heterocycles. The van der Waals surface area contributed by atoms with E-state index in [1.807, 2.05) is 30.8 Å². The number of aryl methyl sites for hydroxylation is 3. The Bertz CT molecular complexity index is 631. The van der Waals surface area contributed by atoms with Gasteiger partial charge in [0.2, 0.25) is 0 Å². The maximum absolute atomic E-state index is 13.9. The highest BCUT2D eigenvalue weighted by molar-refractivity contribution is 5.38. The average Bonchev–Trinajstić information content (AvgIpc) is 2.69. The zero-order valence-corrected chi connectivity index (χ0v) is 13.5. The van der Waals surface area contributed by atoms with E-state index in [1.165, 1.54) is 0 Å². The molecule has 0 fully saturated rings. The van der Waals surface area contributed by atoms with Gasteiger partial charge in [-0.25, -0.2) is 4.39 Å². The molecule has 0 radical (unpaired) electrons. The quantitative estimate of drug-likeness (QED) is 0.912. The van der Waals surface area contributed by atoms with Gasteiger partial charge >= 0.3 is 0 Å². The fraction of sp³-hybridized carbons (Fsp3) is 0.471. The normalized spacial score (nSPS) is 12.7. The second kappa shape index (κ2) is 6.39. The maximum Gasteiger partial charge on any atom is 0.126 e. The Labute approximate surface area is 126 Å². The van der Waals surface area contributed by atoms with Gasteiger partial charge in [-0.15, -0.1) is 0 Å². The fourth-order valence-corrected chi connectivity index (χ4v) is 2.67. The van der Waals surface area contributed by atoms with Crippen molar-refractivity contribution in [2.75, 3.05) is 6.54 Å². The molecule has 1 N–H and O–H groups in total. The van der Waals surface area contributed by atoms with Crippen LogP contribution in [0.4, 0.5) is 4.39 Å². The lowest BCUT2D eigenvalue weighted by molar-refractivity contribution is 0.578. The third kappa shape index (κ3) is 3.16. The molecule has 21 heavy (non-hydrogen) atoms. The largest absolute Gasteiger partial charge is 0.306 e. The van der Waals surface area contributed by atoms with Gasteiger partial charge in [-0.05, 0) is 50.9 Å². The van der Waals surface area contributed by atoms with Crippen LogP contribution >= 0.6 is 0 Å². The van der Waals surface area contributed by atoms with Gasteiger partial charge in [0, 0.05) is 18.3 Å². The van der Waals surface area contributed by atoms with Gasteiger partial charge in [-0.2, -0.15) is 5.10 Å². The second-order valence-electron chi connectivity index (χ2n) is 5.60. The van der Waals surface area contributed by atoms with Gasteiger partial charge in [0.25, 0.3) is 0 Å². The van der Waals surface area contributed by atoms with Gasteiger partial charge in [0.1, 0.15) is 5.82 Å². The first kappa shape index (κ1) is 15.7. The van der Waals surface area contributed by atoms with Crippen LogP contribution in [0.2, 0.25) is 0 Å². The Morgan fingerprint density at radius 1 is 1.29 bits per heavy atom. The van der Waals surface area contributed by atoms with Crippen LogP contribution in [0.5, 0.6) is 0 Å². The smallest absolute Gasteiger partial charge is 0.126 e. The molecule has 114 valence electrons. The Morgan fingerprint density at radius 3 is 2.52 bits per heavy atom. The van der Waals surface area contributed by atoms with E-state index in [0.29, 0.717) is 5.56 Å². The topological polar surface area (TPSA) is 29.9 Å². The van der Waals surface area contributed by atoms with Crippen molar-refractivity contribution in [2.24, 2.45) is 7.05 Å². The highest BCUT2D eigenvalue weighted by atomic mass is 19.1. The van der Waals surface area contributed by atoms with Gasteiger partial charge < -0.3 is 5.32 Å². The molecule has 1 atom stereocenters. The lowest BCUT2D eigenvalue weighted by Crippen LogP contribution is -2.24. The second-order valence-corrected chi connectivity index (χ2v) is 5.60. The Balaban J connectivity index is 2.49. The molecule has 4 heteroatoms. The van der Waals surface area contributed by atoms with E-state index in [4.69, 9.17) is 0 Å². The average molecular weight is 289 g/mol. The van der Waals surface area contributed by atoms with Crippen molar-refractivity contribution >= 4 is 0 Å². The summed E-state index contributed by atoms with van der Waals surface area (Å²) < 4.78 is 15.8. The number of nitrogens with zero attached hydrogens (tertiary/aromatic N) is 2. The minimum absolute atomic E-state index is 0.0197. The lowest BCUT2D eigenvalue weighted by Gasteiger charge is -2.20. The predicted octanol–water partition coefficient (Wildman–Crippen LogP) is 3.57. The Morgan fingerprint density at radius 2 is 2.00 bits per heavy atom. The van der Waals surface area contributed by atoms with Crippen LogP contribution in [0.25, 0.3) is 0 Å². The summed E-state index contributed by atoms with van der Waals surface area (Å²) in [5.74, 6) is -0.157. The SMILES string of the molecule is CCCNC(c1ccc(C)c(F)c1)c1c(C)nn(C)c1C. The van der Waals surface area contributed by atoms with Crippen molar-refractivity contribution in [1.29, 1.82) is 0 Å². The van der Waals surface area contributed by atoms with Gasteiger partial charge in [-0.3, -0.25) is 4.68 Å². The highest BCUT2D eigenvalue weighted by Crippen LogP contribution is 2.28. The Kier molecular flexibility index (Phi) is 4.78. The van der Waals surface area contributed by atoms with E-state index in [9.17, 15) is 4.39 Å². The van der Waals surface area contributed by atoms with E-state index in [2.05, 4.69) is 24.3 Å². The number of rotatable bonds is 5. The molecule has 3 nitrogen and oxygen atoms in total. The number of hydrogen-bond donors (Lipinski definition) is 1. The van der Waals surface area contributed by atoms with E-state index >= 15 is 0 Å². The highest BCUT2D eigenvalue weighted by Gasteiger charge is 2.22. The zero-order valence-electron chi connectivity index (χ0n) is 13.5. The van der Waals surface area contributed by atoms with E-state index < -0.39 is 0 Å². The monoisotopic (exact) mass is 289 g/mol. The van der Waals surface area contributed by atoms with Crippen molar-refractivity contribution in [1.82, 2.24) is 15.1 Å². The first-order valence-electron chi connectivity index (χ1n) is 7.45. The zero-order chi connectivity index (χ0) is 15.6. The third-order valence-electron chi connectivity index (χ3n) is 3.98. The molecule has 0 amide bonds. The summed E-state index contributed by atoms with van der Waals surface area (Å²) in [4.78, 5) is 0. The van der Waals surface area contributed by atoms with Crippen molar-refractivity contribution in [2.45, 2.75) is 40.2 Å². The number of hydrogen-bond acceptors (Lipinski definition) is 2. The minimum Gasteiger partial charge on any atom is -0.306 e. The molecule has 0 aliphatic rings. The lowest BCUT2D eigenvalue weighted by atomic mass is 9.96. The van der Waals surface area contributed by atoms with Gasteiger partial charge in [0.15, 0.2) is 0 Å². The van der Waals surface area contributed by atoms with Crippen LogP contribution in [-0.4, -0.2) is 16.3 Å². The first-order chi connectivity index (χ1) is 9.95. The number of aromatic nitrogens is 2. The van der Waals surface area contributed by atoms with E-state index in [0.717, 1.165) is 35.5 Å². The van der Waals surface area contributed by atoms with Crippen molar-refractivity contribution in [3.63, 3.8) is 0 Å². The molecule has 2 rings (SSSR count). The number of benzene rings is 1. The summed E-state index contributed by atoms with van der Waals surface area (Å²) in [5, 5.41) is 8.01. The molecule has 0 saturated heterocycles. The molecule has 0 aliphatic carbocycles. The molecular formula is C17H24FN3. The molecule has 2 aromatic rings. The summed E-state index contributed by atoms with van der Waals surface area (Å²) in [5.41, 5.74) is 4.87. The van der Waals surface area contributed by atoms with E-state index in [1.54, 1.807) is 13.0 Å². The fourth-order valence-electron chi connectivity index (χ4n) is 2.67. The van der Waals surface area contributed by atoms with Crippen LogP contribution in [0.1, 0.15) is 47.5 Å². The summed E-state index contributed by atoms with van der Waals surface area (Å²) in [6.45, 7) is 8.86. The summed E-state index contributed by atoms with van der Waals surface area (Å²) in [6.07, 6.45) is 1.03. The number of nitrogens with one attached hydrogen (secondary N) is 1. The van der Waals surface area contributed by atoms with Crippen molar-refractivity contribution in [3.05, 3.63) is 52.1 Å². The molecule has 0 bridgehead atoms. The predicted molar refractivity (Wildman–Crippen MR) is 84.0 cm³/mol. The molecule has 0 aliphatic heterocycles. The Hall–Kier alpha value is -1.68. The molecular weight excluding hydrogens is 265 g/mol. The molecule has 0 spiro atoms. The summed E-state index contributed by atoms with van der Waals surface area (Å²) in [6, 6.07) is 5.45. The van der Waals surface area contributed by atoms with Crippen molar-refractivity contribution < 1.29 is 4.39 Å². The first-order valence-corrected chi connectivity index (χ1v) is 7.45. The third-order valence-corrected chi connectivity index (χ3v) is 3.98. The van der Waals surface area contributed by atoms with Gasteiger partial charge in [0.05, 0.1) is 11.7 Å². The standard InChI is InChI=1S/C17H24FN3/c1-6-9-19-17(14-8-7-11(2)15(18)10-14)16-12(3)20-21(5)13(16)4/h7-8,10,17,19H,6,9H2,1-5H3. The van der Waals surface area contributed by atoms with Crippen LogP contribution in [0.15, 0.2) is 18.2 Å². The minimum atomic E-state index is -0.157. The van der Waals surface area contributed by atoms with Gasteiger partial charge in [-0.1, -0.05) is 19.1 Å². The summed E-state index contributed by atoms with van der Waals surface area (Å²) >= 11 is 0.